The monoisotopic (exact) mass is 310 g/mol. The van der Waals surface area contributed by atoms with Gasteiger partial charge in [0.2, 0.25) is 0 Å². The molecule has 1 fully saturated rings. The Balaban J connectivity index is 1.60. The first kappa shape index (κ1) is 13.9. The number of hydrogen-bond donors (Lipinski definition) is 0. The van der Waals surface area contributed by atoms with Crippen LogP contribution in [0.4, 0.5) is 0 Å². The highest BCUT2D eigenvalue weighted by atomic mass is 16.2. The molecule has 4 rings (SSSR count). The summed E-state index contributed by atoms with van der Waals surface area (Å²) in [6, 6.07) is 2.08. The van der Waals surface area contributed by atoms with Gasteiger partial charge in [-0.25, -0.2) is 14.5 Å². The lowest BCUT2D eigenvalue weighted by molar-refractivity contribution is 0.0680. The molecule has 23 heavy (non-hydrogen) atoms. The summed E-state index contributed by atoms with van der Waals surface area (Å²) < 4.78 is 3.79. The molecule has 0 aliphatic carbocycles. The quantitative estimate of drug-likeness (QED) is 0.722. The maximum absolute atomic E-state index is 12.9. The number of aromatic nitrogens is 5. The van der Waals surface area contributed by atoms with Gasteiger partial charge < -0.3 is 9.47 Å². The zero-order valence-electron chi connectivity index (χ0n) is 13.0. The van der Waals surface area contributed by atoms with E-state index < -0.39 is 0 Å². The van der Waals surface area contributed by atoms with Gasteiger partial charge in [0.25, 0.3) is 5.91 Å². The lowest BCUT2D eigenvalue weighted by Crippen LogP contribution is -2.40. The lowest BCUT2D eigenvalue weighted by atomic mass is 10.0. The Bertz CT molecular complexity index is 851. The van der Waals surface area contributed by atoms with Crippen LogP contribution < -0.4 is 0 Å². The molecule has 1 unspecified atom stereocenters. The van der Waals surface area contributed by atoms with Crippen molar-refractivity contribution in [3.05, 3.63) is 48.4 Å². The minimum atomic E-state index is 0.00108. The van der Waals surface area contributed by atoms with Crippen molar-refractivity contribution in [2.45, 2.75) is 25.8 Å². The van der Waals surface area contributed by atoms with Crippen LogP contribution in [-0.2, 0) is 0 Å². The predicted molar refractivity (Wildman–Crippen MR) is 84.1 cm³/mol. The van der Waals surface area contributed by atoms with Gasteiger partial charge in [0.1, 0.15) is 11.4 Å². The van der Waals surface area contributed by atoms with E-state index in [-0.39, 0.29) is 11.9 Å². The van der Waals surface area contributed by atoms with Crippen molar-refractivity contribution in [1.82, 2.24) is 29.0 Å². The van der Waals surface area contributed by atoms with Crippen molar-refractivity contribution in [2.75, 3.05) is 13.1 Å². The third kappa shape index (κ3) is 2.38. The van der Waals surface area contributed by atoms with Gasteiger partial charge in [0, 0.05) is 37.9 Å². The summed E-state index contributed by atoms with van der Waals surface area (Å²) >= 11 is 0. The highest BCUT2D eigenvalue weighted by Crippen LogP contribution is 2.24. The predicted octanol–water partition coefficient (Wildman–Crippen LogP) is 1.71. The zero-order valence-corrected chi connectivity index (χ0v) is 13.0. The number of aryl methyl sites for hydroxylation is 1. The number of rotatable bonds is 2. The van der Waals surface area contributed by atoms with E-state index in [1.54, 1.807) is 29.2 Å². The van der Waals surface area contributed by atoms with E-state index in [2.05, 4.69) is 19.6 Å². The van der Waals surface area contributed by atoms with Crippen LogP contribution >= 0.6 is 0 Å². The smallest absolute Gasteiger partial charge is 0.259 e. The molecule has 1 atom stereocenters. The van der Waals surface area contributed by atoms with Crippen molar-refractivity contribution < 1.29 is 4.79 Å². The fourth-order valence-electron chi connectivity index (χ4n) is 3.29. The zero-order chi connectivity index (χ0) is 15.8. The maximum Gasteiger partial charge on any atom is 0.259 e. The minimum Gasteiger partial charge on any atom is -0.336 e. The normalized spacial score (nSPS) is 18.5. The SMILES string of the molecule is Cc1nccn1C1CCCN(C(=O)c2cnn3cccnc23)C1. The number of fused-ring (bicyclic) bond motifs is 1. The Morgan fingerprint density at radius 2 is 2.17 bits per heavy atom. The number of hydrogen-bond acceptors (Lipinski definition) is 4. The Labute approximate surface area is 133 Å². The second-order valence-corrected chi connectivity index (χ2v) is 5.88. The summed E-state index contributed by atoms with van der Waals surface area (Å²) in [5.74, 6) is 0.989. The van der Waals surface area contributed by atoms with Crippen LogP contribution in [0.1, 0.15) is 35.1 Å². The molecule has 118 valence electrons. The summed E-state index contributed by atoms with van der Waals surface area (Å²) in [6.45, 7) is 3.46. The van der Waals surface area contributed by atoms with Gasteiger partial charge in [-0.1, -0.05) is 0 Å². The van der Waals surface area contributed by atoms with E-state index in [4.69, 9.17) is 0 Å². The molecule has 4 heterocycles. The van der Waals surface area contributed by atoms with Crippen LogP contribution in [0.5, 0.6) is 0 Å². The molecule has 7 heteroatoms. The highest BCUT2D eigenvalue weighted by Gasteiger charge is 2.27. The van der Waals surface area contributed by atoms with Gasteiger partial charge >= 0.3 is 0 Å². The first-order chi connectivity index (χ1) is 11.2. The molecule has 0 radical (unpaired) electrons. The average Bonchev–Trinajstić information content (AvgIpc) is 3.20. The number of carbonyl (C=O) groups excluding carboxylic acids is 1. The Kier molecular flexibility index (Phi) is 3.33. The van der Waals surface area contributed by atoms with Gasteiger partial charge in [-0.2, -0.15) is 5.10 Å². The Hall–Kier alpha value is -2.70. The Morgan fingerprint density at radius 1 is 1.26 bits per heavy atom. The molecule has 1 aliphatic heterocycles. The van der Waals surface area contributed by atoms with Crippen molar-refractivity contribution in [3.63, 3.8) is 0 Å². The van der Waals surface area contributed by atoms with Crippen molar-refractivity contribution in [3.8, 4) is 0 Å². The van der Waals surface area contributed by atoms with Gasteiger partial charge in [-0.15, -0.1) is 0 Å². The third-order valence-corrected chi connectivity index (χ3v) is 4.45. The molecule has 0 spiro atoms. The van der Waals surface area contributed by atoms with Gasteiger partial charge in [-0.05, 0) is 25.8 Å². The molecule has 3 aromatic rings. The third-order valence-electron chi connectivity index (χ3n) is 4.45. The topological polar surface area (TPSA) is 68.3 Å². The number of amides is 1. The van der Waals surface area contributed by atoms with Crippen LogP contribution in [0.15, 0.2) is 37.1 Å². The fraction of sp³-hybridized carbons (Fsp3) is 0.375. The lowest BCUT2D eigenvalue weighted by Gasteiger charge is -2.33. The van der Waals surface area contributed by atoms with Crippen LogP contribution in [0.2, 0.25) is 0 Å². The van der Waals surface area contributed by atoms with Crippen LogP contribution in [0.3, 0.4) is 0 Å². The highest BCUT2D eigenvalue weighted by molar-refractivity contribution is 5.99. The second kappa shape index (κ2) is 5.49. The molecule has 3 aromatic heterocycles. The number of imidazole rings is 1. The number of piperidine rings is 1. The van der Waals surface area contributed by atoms with E-state index >= 15 is 0 Å². The second-order valence-electron chi connectivity index (χ2n) is 5.88. The van der Waals surface area contributed by atoms with E-state index in [0.29, 0.717) is 17.8 Å². The Morgan fingerprint density at radius 3 is 3.00 bits per heavy atom. The minimum absolute atomic E-state index is 0.00108. The molecule has 0 saturated carbocycles. The molecule has 1 amide bonds. The van der Waals surface area contributed by atoms with E-state index in [0.717, 1.165) is 25.2 Å². The van der Waals surface area contributed by atoms with Crippen LogP contribution in [0.25, 0.3) is 5.65 Å². The first-order valence-corrected chi connectivity index (χ1v) is 7.81. The summed E-state index contributed by atoms with van der Waals surface area (Å²) in [7, 11) is 0. The van der Waals surface area contributed by atoms with E-state index in [9.17, 15) is 4.79 Å². The van der Waals surface area contributed by atoms with Crippen molar-refractivity contribution in [2.24, 2.45) is 0 Å². The molecule has 1 aliphatic rings. The largest absolute Gasteiger partial charge is 0.336 e. The van der Waals surface area contributed by atoms with Gasteiger partial charge in [0.15, 0.2) is 5.65 Å². The molecular formula is C16H18N6O. The summed E-state index contributed by atoms with van der Waals surface area (Å²) in [5.41, 5.74) is 1.17. The van der Waals surface area contributed by atoms with Crippen LogP contribution in [-0.4, -0.2) is 48.0 Å². The summed E-state index contributed by atoms with van der Waals surface area (Å²) in [4.78, 5) is 23.4. The number of likely N-dealkylation sites (tertiary alicyclic amines) is 1. The van der Waals surface area contributed by atoms with Gasteiger partial charge in [0.05, 0.1) is 12.2 Å². The number of carbonyl (C=O) groups is 1. The summed E-state index contributed by atoms with van der Waals surface area (Å²) in [5, 5.41) is 4.21. The molecule has 0 N–H and O–H groups in total. The van der Waals surface area contributed by atoms with Crippen LogP contribution in [0, 0.1) is 6.92 Å². The average molecular weight is 310 g/mol. The molecule has 7 nitrogen and oxygen atoms in total. The fourth-order valence-corrected chi connectivity index (χ4v) is 3.29. The van der Waals surface area contributed by atoms with Crippen molar-refractivity contribution in [1.29, 1.82) is 0 Å². The molecule has 0 bridgehead atoms. The first-order valence-electron chi connectivity index (χ1n) is 7.81. The molecule has 1 saturated heterocycles. The van der Waals surface area contributed by atoms with Gasteiger partial charge in [-0.3, -0.25) is 4.79 Å². The molecular weight excluding hydrogens is 292 g/mol. The van der Waals surface area contributed by atoms with E-state index in [1.807, 2.05) is 24.2 Å². The van der Waals surface area contributed by atoms with Crippen molar-refractivity contribution >= 4 is 11.6 Å². The standard InChI is InChI=1S/C16H18N6O/c1-12-17-6-9-21(12)13-4-2-7-20(11-13)16(23)14-10-19-22-8-3-5-18-15(14)22/h3,5-6,8-10,13H,2,4,7,11H2,1H3. The molecule has 0 aromatic carbocycles. The van der Waals surface area contributed by atoms with E-state index in [1.165, 1.54) is 0 Å². The summed E-state index contributed by atoms with van der Waals surface area (Å²) in [6.07, 6.45) is 10.9. The maximum atomic E-state index is 12.9. The number of nitrogens with zero attached hydrogens (tertiary/aromatic N) is 6.